The SMILES string of the molecule is CS(=O)(=O)Nn1cc(-c2cccc(CNc3ncnc4c3ccn4Nc3nccn3CCO)c2)cn1. The lowest BCUT2D eigenvalue weighted by Crippen LogP contribution is -2.21. The van der Waals surface area contributed by atoms with Crippen molar-refractivity contribution in [3.8, 4) is 11.1 Å². The molecule has 4 heterocycles. The number of hydrogen-bond acceptors (Lipinski definition) is 9. The van der Waals surface area contributed by atoms with Gasteiger partial charge in [-0.25, -0.2) is 32.9 Å². The number of imidazole rings is 1. The summed E-state index contributed by atoms with van der Waals surface area (Å²) >= 11 is 0. The van der Waals surface area contributed by atoms with Crippen LogP contribution in [0.4, 0.5) is 11.8 Å². The van der Waals surface area contributed by atoms with E-state index in [4.69, 9.17) is 0 Å². The molecule has 14 heteroatoms. The Bertz CT molecular complexity index is 1610. The number of aromatic nitrogens is 7. The first kappa shape index (κ1) is 23.3. The fourth-order valence-electron chi connectivity index (χ4n) is 3.74. The maximum atomic E-state index is 11.4. The second-order valence-electron chi connectivity index (χ2n) is 8.02. The van der Waals surface area contributed by atoms with E-state index < -0.39 is 10.0 Å². The third-order valence-corrected chi connectivity index (χ3v) is 5.84. The molecule has 4 aromatic heterocycles. The highest BCUT2D eigenvalue weighted by Gasteiger charge is 2.11. The molecule has 36 heavy (non-hydrogen) atoms. The Balaban J connectivity index is 1.32. The van der Waals surface area contributed by atoms with E-state index in [1.54, 1.807) is 34.0 Å². The Morgan fingerprint density at radius 3 is 2.81 bits per heavy atom. The van der Waals surface area contributed by atoms with Gasteiger partial charge in [0.25, 0.3) is 0 Å². The highest BCUT2D eigenvalue weighted by molar-refractivity contribution is 7.91. The van der Waals surface area contributed by atoms with Crippen LogP contribution in [-0.2, 0) is 23.1 Å². The summed E-state index contributed by atoms with van der Waals surface area (Å²) in [6.45, 7) is 0.946. The Labute approximate surface area is 206 Å². The molecule has 0 radical (unpaired) electrons. The van der Waals surface area contributed by atoms with Crippen molar-refractivity contribution in [1.29, 1.82) is 0 Å². The van der Waals surface area contributed by atoms with E-state index in [1.807, 2.05) is 36.5 Å². The molecule has 0 aliphatic carbocycles. The van der Waals surface area contributed by atoms with Crippen molar-refractivity contribution >= 4 is 32.8 Å². The summed E-state index contributed by atoms with van der Waals surface area (Å²) in [5.74, 6) is 1.26. The molecule has 0 unspecified atom stereocenters. The summed E-state index contributed by atoms with van der Waals surface area (Å²) in [5.41, 5.74) is 6.55. The molecule has 0 fully saturated rings. The molecular weight excluding hydrogens is 484 g/mol. The van der Waals surface area contributed by atoms with Crippen molar-refractivity contribution in [2.75, 3.05) is 28.4 Å². The molecule has 4 N–H and O–H groups in total. The van der Waals surface area contributed by atoms with Crippen molar-refractivity contribution in [2.45, 2.75) is 13.1 Å². The number of nitrogens with one attached hydrogen (secondary N) is 3. The van der Waals surface area contributed by atoms with Crippen LogP contribution in [0.25, 0.3) is 22.2 Å². The van der Waals surface area contributed by atoms with Crippen LogP contribution in [0.15, 0.2) is 67.6 Å². The molecule has 0 spiro atoms. The van der Waals surface area contributed by atoms with Crippen LogP contribution in [0.2, 0.25) is 0 Å². The fraction of sp³-hybridized carbons (Fsp3) is 0.182. The van der Waals surface area contributed by atoms with Crippen LogP contribution in [0, 0.1) is 0 Å². The van der Waals surface area contributed by atoms with Crippen LogP contribution in [-0.4, -0.2) is 60.5 Å². The van der Waals surface area contributed by atoms with E-state index in [0.29, 0.717) is 30.5 Å². The molecule has 5 rings (SSSR count). The summed E-state index contributed by atoms with van der Waals surface area (Å²) in [7, 11) is -3.42. The number of sulfonamides is 1. The molecule has 5 aromatic rings. The van der Waals surface area contributed by atoms with Gasteiger partial charge in [-0.1, -0.05) is 18.2 Å². The number of anilines is 2. The van der Waals surface area contributed by atoms with E-state index in [9.17, 15) is 13.5 Å². The molecular formula is C22H24N10O3S. The van der Waals surface area contributed by atoms with Gasteiger partial charge in [-0.3, -0.25) is 5.43 Å². The van der Waals surface area contributed by atoms with Crippen molar-refractivity contribution in [3.05, 3.63) is 73.2 Å². The summed E-state index contributed by atoms with van der Waals surface area (Å²) in [6.07, 6.45) is 11.1. The predicted molar refractivity (Wildman–Crippen MR) is 135 cm³/mol. The van der Waals surface area contributed by atoms with Crippen molar-refractivity contribution in [1.82, 2.24) is 34.1 Å². The third kappa shape index (κ3) is 5.13. The number of benzene rings is 1. The minimum atomic E-state index is -3.42. The molecule has 0 bridgehead atoms. The monoisotopic (exact) mass is 508 g/mol. The molecule has 0 saturated heterocycles. The number of fused-ring (bicyclic) bond motifs is 1. The first-order chi connectivity index (χ1) is 17.4. The van der Waals surface area contributed by atoms with E-state index in [1.165, 1.54) is 11.1 Å². The highest BCUT2D eigenvalue weighted by atomic mass is 32.2. The maximum absolute atomic E-state index is 11.4. The third-order valence-electron chi connectivity index (χ3n) is 5.32. The average molecular weight is 509 g/mol. The zero-order valence-corrected chi connectivity index (χ0v) is 20.1. The number of aliphatic hydroxyl groups is 1. The number of rotatable bonds is 10. The molecule has 0 aliphatic heterocycles. The number of hydrogen-bond donors (Lipinski definition) is 4. The van der Waals surface area contributed by atoms with Crippen molar-refractivity contribution in [2.24, 2.45) is 0 Å². The Morgan fingerprint density at radius 1 is 1.08 bits per heavy atom. The van der Waals surface area contributed by atoms with Gasteiger partial charge >= 0.3 is 0 Å². The van der Waals surface area contributed by atoms with Gasteiger partial charge in [0, 0.05) is 37.2 Å². The molecule has 0 aliphatic rings. The quantitative estimate of drug-likeness (QED) is 0.219. The van der Waals surface area contributed by atoms with Crippen molar-refractivity contribution < 1.29 is 13.5 Å². The van der Waals surface area contributed by atoms with Gasteiger partial charge in [-0.05, 0) is 23.3 Å². The molecule has 0 atom stereocenters. The van der Waals surface area contributed by atoms with Gasteiger partial charge < -0.3 is 15.0 Å². The number of nitrogens with zero attached hydrogens (tertiary/aromatic N) is 7. The van der Waals surface area contributed by atoms with Crippen LogP contribution in [0.3, 0.4) is 0 Å². The van der Waals surface area contributed by atoms with E-state index in [2.05, 4.69) is 35.6 Å². The van der Waals surface area contributed by atoms with Crippen molar-refractivity contribution in [3.63, 3.8) is 0 Å². The fourth-order valence-corrected chi connectivity index (χ4v) is 4.18. The lowest BCUT2D eigenvalue weighted by Gasteiger charge is -2.11. The van der Waals surface area contributed by atoms with Gasteiger partial charge in [0.15, 0.2) is 5.65 Å². The highest BCUT2D eigenvalue weighted by Crippen LogP contribution is 2.23. The minimum Gasteiger partial charge on any atom is -0.395 e. The molecule has 0 amide bonds. The lowest BCUT2D eigenvalue weighted by molar-refractivity contribution is 0.276. The van der Waals surface area contributed by atoms with Gasteiger partial charge in [-0.15, -0.1) is 0 Å². The van der Waals surface area contributed by atoms with Crippen LogP contribution < -0.4 is 15.6 Å². The first-order valence-electron chi connectivity index (χ1n) is 11.0. The summed E-state index contributed by atoms with van der Waals surface area (Å²) < 4.78 is 26.4. The van der Waals surface area contributed by atoms with Crippen LogP contribution >= 0.6 is 0 Å². The van der Waals surface area contributed by atoms with Gasteiger partial charge in [0.05, 0.1) is 30.6 Å². The Kier molecular flexibility index (Phi) is 6.26. The summed E-state index contributed by atoms with van der Waals surface area (Å²) in [4.78, 5) is 16.6. The zero-order valence-electron chi connectivity index (χ0n) is 19.3. The van der Waals surface area contributed by atoms with E-state index in [0.717, 1.165) is 28.3 Å². The van der Waals surface area contributed by atoms with Gasteiger partial charge in [-0.2, -0.15) is 9.89 Å². The van der Waals surface area contributed by atoms with E-state index in [-0.39, 0.29) is 6.61 Å². The zero-order chi connectivity index (χ0) is 25.1. The van der Waals surface area contributed by atoms with Gasteiger partial charge in [0.2, 0.25) is 16.0 Å². The second-order valence-corrected chi connectivity index (χ2v) is 9.74. The van der Waals surface area contributed by atoms with E-state index >= 15 is 0 Å². The van der Waals surface area contributed by atoms with Gasteiger partial charge in [0.1, 0.15) is 12.1 Å². The molecule has 0 saturated carbocycles. The predicted octanol–water partition coefficient (Wildman–Crippen LogP) is 1.47. The number of aliphatic hydroxyl groups excluding tert-OH is 1. The maximum Gasteiger partial charge on any atom is 0.244 e. The lowest BCUT2D eigenvalue weighted by atomic mass is 10.1. The molecule has 186 valence electrons. The second kappa shape index (κ2) is 9.67. The average Bonchev–Trinajstić information content (AvgIpc) is 3.59. The van der Waals surface area contributed by atoms with Crippen LogP contribution in [0.5, 0.6) is 0 Å². The normalized spacial score (nSPS) is 11.6. The minimum absolute atomic E-state index is 0.00871. The largest absolute Gasteiger partial charge is 0.395 e. The summed E-state index contributed by atoms with van der Waals surface area (Å²) in [6, 6.07) is 9.75. The standard InChI is InChI=1S/C22H24N10O3S/c1-36(34,35)29-32-14-18(13-27-32)17-4-2-3-16(11-17)12-24-20-19-5-7-31(21(19)26-15-25-20)28-22-23-6-8-30(22)9-10-33/h2-8,11,13-15,29,33H,9-10,12H2,1H3,(H,23,28)(H,24,25,26). The smallest absolute Gasteiger partial charge is 0.244 e. The topological polar surface area (TPSA) is 157 Å². The first-order valence-corrected chi connectivity index (χ1v) is 12.9. The molecule has 13 nitrogen and oxygen atoms in total. The summed E-state index contributed by atoms with van der Waals surface area (Å²) in [5, 5.41) is 17.5. The van der Waals surface area contributed by atoms with Crippen LogP contribution in [0.1, 0.15) is 5.56 Å². The Morgan fingerprint density at radius 2 is 1.97 bits per heavy atom. The Hall–Kier alpha value is -4.43. The molecule has 1 aromatic carbocycles.